The molecule has 3 N–H and O–H groups in total. The van der Waals surface area contributed by atoms with Gasteiger partial charge in [0.2, 0.25) is 5.95 Å². The van der Waals surface area contributed by atoms with E-state index in [4.69, 9.17) is 15.5 Å². The van der Waals surface area contributed by atoms with Crippen LogP contribution < -0.4 is 11.1 Å². The summed E-state index contributed by atoms with van der Waals surface area (Å²) >= 11 is 1.39. The Hall–Kier alpha value is -3.02. The average molecular weight is 482 g/mol. The van der Waals surface area contributed by atoms with Gasteiger partial charge in [0.25, 0.3) is 0 Å². The quantitative estimate of drug-likeness (QED) is 0.363. The van der Waals surface area contributed by atoms with Crippen LogP contribution in [0.4, 0.5) is 11.6 Å². The Labute approximate surface area is 197 Å². The predicted molar refractivity (Wildman–Crippen MR) is 130 cm³/mol. The summed E-state index contributed by atoms with van der Waals surface area (Å²) in [5.41, 5.74) is 9.23. The molecule has 5 rings (SSSR count). The number of fused-ring (bicyclic) bond motifs is 1. The molecule has 4 heterocycles. The fourth-order valence-electron chi connectivity index (χ4n) is 3.57. The van der Waals surface area contributed by atoms with Gasteiger partial charge in [0.1, 0.15) is 9.04 Å². The van der Waals surface area contributed by atoms with Gasteiger partial charge < -0.3 is 15.8 Å². The highest BCUT2D eigenvalue weighted by atomic mass is 32.2. The maximum atomic E-state index is 13.1. The minimum atomic E-state index is -1.14. The highest BCUT2D eigenvalue weighted by Gasteiger charge is 2.30. The van der Waals surface area contributed by atoms with E-state index >= 15 is 0 Å². The standard InChI is InChI=1S/C22H23N7O2S2/c1-31-9-8-26-22-27-11-13(12-28-22)16-10-15(19-24-6-3-7-25-19)17-18(23)21(32-20(17)29-16)33(30)14-4-2-5-14/h3,6-7,10-12,14H,2,4-5,8-9,23H2,1H3,(H,26,27,28). The summed E-state index contributed by atoms with van der Waals surface area (Å²) in [5.74, 6) is 1.05. The van der Waals surface area contributed by atoms with Crippen molar-refractivity contribution in [2.45, 2.75) is 28.7 Å². The molecule has 9 nitrogen and oxygen atoms in total. The second kappa shape index (κ2) is 9.46. The number of ether oxygens (including phenoxy) is 1. The minimum absolute atomic E-state index is 0.169. The molecule has 0 radical (unpaired) electrons. The first-order valence-corrected chi connectivity index (χ1v) is 12.6. The van der Waals surface area contributed by atoms with Gasteiger partial charge in [-0.2, -0.15) is 0 Å². The summed E-state index contributed by atoms with van der Waals surface area (Å²) in [6.07, 6.45) is 9.86. The van der Waals surface area contributed by atoms with Crippen molar-refractivity contribution in [1.82, 2.24) is 24.9 Å². The van der Waals surface area contributed by atoms with Gasteiger partial charge in [-0.3, -0.25) is 4.21 Å². The number of nitrogens with two attached hydrogens (primary N) is 1. The Morgan fingerprint density at radius 1 is 1.21 bits per heavy atom. The first kappa shape index (κ1) is 21.8. The Bertz CT molecular complexity index is 1290. The largest absolute Gasteiger partial charge is 0.396 e. The molecule has 0 aromatic carbocycles. The third-order valence-corrected chi connectivity index (χ3v) is 8.85. The molecule has 4 aromatic heterocycles. The zero-order chi connectivity index (χ0) is 22.8. The van der Waals surface area contributed by atoms with Crippen molar-refractivity contribution in [2.24, 2.45) is 0 Å². The lowest BCUT2D eigenvalue weighted by Crippen LogP contribution is -2.23. The van der Waals surface area contributed by atoms with Crippen LogP contribution in [-0.2, 0) is 15.5 Å². The fraction of sp³-hybridized carbons (Fsp3) is 0.318. The summed E-state index contributed by atoms with van der Waals surface area (Å²) in [5, 5.41) is 4.02. The molecule has 1 atom stereocenters. The summed E-state index contributed by atoms with van der Waals surface area (Å²) in [6, 6.07) is 3.66. The van der Waals surface area contributed by atoms with Gasteiger partial charge in [0, 0.05) is 60.2 Å². The first-order chi connectivity index (χ1) is 16.2. The second-order valence-electron chi connectivity index (χ2n) is 7.68. The van der Waals surface area contributed by atoms with Crippen LogP contribution in [0.2, 0.25) is 0 Å². The molecule has 1 fully saturated rings. The molecule has 0 amide bonds. The first-order valence-electron chi connectivity index (χ1n) is 10.6. The molecule has 0 spiro atoms. The smallest absolute Gasteiger partial charge is 0.222 e. The van der Waals surface area contributed by atoms with E-state index in [2.05, 4.69) is 25.3 Å². The number of methoxy groups -OCH3 is 1. The maximum absolute atomic E-state index is 13.1. The van der Waals surface area contributed by atoms with Crippen LogP contribution in [0.1, 0.15) is 19.3 Å². The van der Waals surface area contributed by atoms with E-state index < -0.39 is 10.8 Å². The van der Waals surface area contributed by atoms with E-state index in [0.717, 1.165) is 35.8 Å². The molecule has 1 aliphatic rings. The summed E-state index contributed by atoms with van der Waals surface area (Å²) in [6.45, 7) is 1.18. The van der Waals surface area contributed by atoms with Crippen LogP contribution >= 0.6 is 11.3 Å². The molecule has 0 bridgehead atoms. The van der Waals surface area contributed by atoms with E-state index in [0.29, 0.717) is 45.3 Å². The minimum Gasteiger partial charge on any atom is -0.396 e. The topological polar surface area (TPSA) is 129 Å². The molecule has 4 aromatic rings. The van der Waals surface area contributed by atoms with Crippen LogP contribution in [0.5, 0.6) is 0 Å². The maximum Gasteiger partial charge on any atom is 0.222 e. The molecule has 0 aliphatic heterocycles. The number of anilines is 2. The van der Waals surface area contributed by atoms with Crippen molar-refractivity contribution in [2.75, 3.05) is 31.3 Å². The third kappa shape index (κ3) is 4.31. The fourth-order valence-corrected chi connectivity index (χ4v) is 6.78. The van der Waals surface area contributed by atoms with Gasteiger partial charge in [0.15, 0.2) is 5.82 Å². The third-order valence-electron chi connectivity index (χ3n) is 5.55. The number of aromatic nitrogens is 5. The van der Waals surface area contributed by atoms with Crippen LogP contribution in [0.15, 0.2) is 41.1 Å². The van der Waals surface area contributed by atoms with Crippen molar-refractivity contribution in [3.05, 3.63) is 36.9 Å². The number of pyridine rings is 1. The predicted octanol–water partition coefficient (Wildman–Crippen LogP) is 3.51. The van der Waals surface area contributed by atoms with E-state index in [1.807, 2.05) is 6.07 Å². The summed E-state index contributed by atoms with van der Waals surface area (Å²) < 4.78 is 18.8. The number of nitrogen functional groups attached to an aromatic ring is 1. The molecule has 1 unspecified atom stereocenters. The van der Waals surface area contributed by atoms with E-state index in [-0.39, 0.29) is 5.25 Å². The molecular formula is C22H23N7O2S2. The molecule has 33 heavy (non-hydrogen) atoms. The van der Waals surface area contributed by atoms with Crippen LogP contribution in [0.3, 0.4) is 0 Å². The van der Waals surface area contributed by atoms with E-state index in [1.54, 1.807) is 38.0 Å². The summed E-state index contributed by atoms with van der Waals surface area (Å²) in [4.78, 5) is 23.2. The zero-order valence-corrected chi connectivity index (χ0v) is 19.7. The highest BCUT2D eigenvalue weighted by Crippen LogP contribution is 2.43. The van der Waals surface area contributed by atoms with Crippen molar-refractivity contribution in [3.8, 4) is 22.6 Å². The molecule has 1 aliphatic carbocycles. The second-order valence-corrected chi connectivity index (χ2v) is 10.6. The number of hydrogen-bond donors (Lipinski definition) is 2. The molecule has 1 saturated carbocycles. The summed E-state index contributed by atoms with van der Waals surface area (Å²) in [7, 11) is 0.506. The van der Waals surface area contributed by atoms with E-state index in [9.17, 15) is 4.21 Å². The van der Waals surface area contributed by atoms with Crippen molar-refractivity contribution >= 4 is 44.0 Å². The molecule has 11 heteroatoms. The van der Waals surface area contributed by atoms with Gasteiger partial charge in [-0.05, 0) is 25.0 Å². The molecule has 0 saturated heterocycles. The highest BCUT2D eigenvalue weighted by molar-refractivity contribution is 7.88. The normalized spacial score (nSPS) is 14.8. The van der Waals surface area contributed by atoms with Gasteiger partial charge in [-0.1, -0.05) is 6.42 Å². The van der Waals surface area contributed by atoms with Gasteiger partial charge in [-0.15, -0.1) is 11.3 Å². The van der Waals surface area contributed by atoms with Crippen LogP contribution in [0, 0.1) is 0 Å². The van der Waals surface area contributed by atoms with Crippen LogP contribution in [-0.4, -0.2) is 54.6 Å². The Kier molecular flexibility index (Phi) is 6.25. The lowest BCUT2D eigenvalue weighted by atomic mass is 10.0. The molecule has 170 valence electrons. The zero-order valence-electron chi connectivity index (χ0n) is 18.0. The number of rotatable bonds is 8. The number of hydrogen-bond acceptors (Lipinski definition) is 10. The number of nitrogens with one attached hydrogen (secondary N) is 1. The lowest BCUT2D eigenvalue weighted by molar-refractivity contribution is 0.210. The van der Waals surface area contributed by atoms with Crippen molar-refractivity contribution < 1.29 is 8.95 Å². The lowest BCUT2D eigenvalue weighted by Gasteiger charge is -2.23. The SMILES string of the molecule is COCCNc1ncc(-c2cc(-c3ncccn3)c3c(N)c(S(=O)C4CCC4)sc3n2)cn1. The van der Waals surface area contributed by atoms with Gasteiger partial charge in [0.05, 0.1) is 28.8 Å². The van der Waals surface area contributed by atoms with Crippen molar-refractivity contribution in [1.29, 1.82) is 0 Å². The van der Waals surface area contributed by atoms with Crippen molar-refractivity contribution in [3.63, 3.8) is 0 Å². The Balaban J connectivity index is 1.59. The van der Waals surface area contributed by atoms with E-state index in [1.165, 1.54) is 11.3 Å². The van der Waals surface area contributed by atoms with Gasteiger partial charge >= 0.3 is 0 Å². The molecular weight excluding hydrogens is 458 g/mol. The Morgan fingerprint density at radius 2 is 1.97 bits per heavy atom. The number of thiophene rings is 1. The number of nitrogens with zero attached hydrogens (tertiary/aromatic N) is 5. The van der Waals surface area contributed by atoms with Crippen LogP contribution in [0.25, 0.3) is 32.9 Å². The average Bonchev–Trinajstić information content (AvgIpc) is 3.15. The monoisotopic (exact) mass is 481 g/mol. The Morgan fingerprint density at radius 3 is 2.64 bits per heavy atom. The van der Waals surface area contributed by atoms with Gasteiger partial charge in [-0.25, -0.2) is 24.9 Å².